The van der Waals surface area contributed by atoms with Crippen LogP contribution in [-0.2, 0) is 6.54 Å². The number of hydrogen-bond donors (Lipinski definition) is 1. The maximum Gasteiger partial charge on any atom is 0.119 e. The highest BCUT2D eigenvalue weighted by molar-refractivity contribution is 5.27. The maximum absolute atomic E-state index is 9.32. The van der Waals surface area contributed by atoms with Crippen LogP contribution >= 0.6 is 0 Å². The Kier molecular flexibility index (Phi) is 3.94. The van der Waals surface area contributed by atoms with Gasteiger partial charge in [-0.05, 0) is 31.5 Å². The first-order valence-corrected chi connectivity index (χ1v) is 5.93. The summed E-state index contributed by atoms with van der Waals surface area (Å²) in [7, 11) is 0. The molecule has 0 aliphatic rings. The van der Waals surface area contributed by atoms with Crippen LogP contribution in [0.15, 0.2) is 30.5 Å². The molecule has 0 aliphatic carbocycles. The Hall–Kier alpha value is -1.88. The highest BCUT2D eigenvalue weighted by atomic mass is 16.5. The number of benzene rings is 1. The molecule has 18 heavy (non-hydrogen) atoms. The van der Waals surface area contributed by atoms with Gasteiger partial charge in [0.2, 0.25) is 0 Å². The lowest BCUT2D eigenvalue weighted by atomic mass is 10.2. The van der Waals surface area contributed by atoms with Gasteiger partial charge in [0, 0.05) is 0 Å². The number of ether oxygens (including phenoxy) is 1. The van der Waals surface area contributed by atoms with Crippen molar-refractivity contribution < 1.29 is 9.84 Å². The first-order chi connectivity index (χ1) is 8.65. The average molecular weight is 247 g/mol. The highest BCUT2D eigenvalue weighted by Gasteiger charge is 2.05. The van der Waals surface area contributed by atoms with E-state index in [4.69, 9.17) is 4.74 Å². The molecule has 0 saturated heterocycles. The van der Waals surface area contributed by atoms with Crippen molar-refractivity contribution >= 4 is 0 Å². The summed E-state index contributed by atoms with van der Waals surface area (Å²) in [6, 6.07) is 7.91. The van der Waals surface area contributed by atoms with E-state index in [1.54, 1.807) is 17.8 Å². The summed E-state index contributed by atoms with van der Waals surface area (Å²) >= 11 is 0. The van der Waals surface area contributed by atoms with Gasteiger partial charge >= 0.3 is 0 Å². The van der Waals surface area contributed by atoms with E-state index in [9.17, 15) is 5.11 Å². The zero-order chi connectivity index (χ0) is 13.0. The summed E-state index contributed by atoms with van der Waals surface area (Å²) in [6.07, 6.45) is 1.14. The SMILES string of the molecule is Cc1cccc(OCCn2cc(C(C)O)nn2)c1. The summed E-state index contributed by atoms with van der Waals surface area (Å²) in [4.78, 5) is 0. The Morgan fingerprint density at radius 3 is 2.94 bits per heavy atom. The highest BCUT2D eigenvalue weighted by Crippen LogP contribution is 2.12. The second-order valence-corrected chi connectivity index (χ2v) is 4.25. The number of aryl methyl sites for hydroxylation is 1. The van der Waals surface area contributed by atoms with Gasteiger partial charge in [0.25, 0.3) is 0 Å². The van der Waals surface area contributed by atoms with E-state index >= 15 is 0 Å². The van der Waals surface area contributed by atoms with E-state index in [-0.39, 0.29) is 0 Å². The van der Waals surface area contributed by atoms with Gasteiger partial charge in [0.15, 0.2) is 0 Å². The van der Waals surface area contributed by atoms with Crippen molar-refractivity contribution in [3.63, 3.8) is 0 Å². The van der Waals surface area contributed by atoms with Crippen molar-refractivity contribution in [3.05, 3.63) is 41.7 Å². The molecule has 1 unspecified atom stereocenters. The summed E-state index contributed by atoms with van der Waals surface area (Å²) < 4.78 is 7.27. The second-order valence-electron chi connectivity index (χ2n) is 4.25. The molecule has 1 N–H and O–H groups in total. The number of aliphatic hydroxyl groups is 1. The first kappa shape index (κ1) is 12.6. The minimum Gasteiger partial charge on any atom is -0.492 e. The van der Waals surface area contributed by atoms with Crippen LogP contribution in [0, 0.1) is 6.92 Å². The zero-order valence-corrected chi connectivity index (χ0v) is 10.6. The third-order valence-electron chi connectivity index (χ3n) is 2.56. The number of aliphatic hydroxyl groups excluding tert-OH is 1. The predicted molar refractivity (Wildman–Crippen MR) is 67.3 cm³/mol. The molecule has 0 radical (unpaired) electrons. The quantitative estimate of drug-likeness (QED) is 0.874. The van der Waals surface area contributed by atoms with Crippen LogP contribution in [0.1, 0.15) is 24.3 Å². The fourth-order valence-electron chi connectivity index (χ4n) is 1.58. The lowest BCUT2D eigenvalue weighted by Gasteiger charge is -2.06. The van der Waals surface area contributed by atoms with Gasteiger partial charge in [0.1, 0.15) is 18.1 Å². The van der Waals surface area contributed by atoms with Gasteiger partial charge in [-0.2, -0.15) is 0 Å². The summed E-state index contributed by atoms with van der Waals surface area (Å²) in [5, 5.41) is 17.1. The van der Waals surface area contributed by atoms with Crippen molar-refractivity contribution in [2.45, 2.75) is 26.5 Å². The average Bonchev–Trinajstić information content (AvgIpc) is 2.78. The van der Waals surface area contributed by atoms with Crippen LogP contribution in [-0.4, -0.2) is 26.7 Å². The van der Waals surface area contributed by atoms with E-state index < -0.39 is 6.10 Å². The summed E-state index contributed by atoms with van der Waals surface area (Å²) in [6.45, 7) is 4.82. The third-order valence-corrected chi connectivity index (χ3v) is 2.56. The van der Waals surface area contributed by atoms with Crippen molar-refractivity contribution in [1.29, 1.82) is 0 Å². The van der Waals surface area contributed by atoms with Crippen LogP contribution in [0.3, 0.4) is 0 Å². The molecule has 0 amide bonds. The molecule has 1 atom stereocenters. The largest absolute Gasteiger partial charge is 0.492 e. The molecule has 1 aromatic carbocycles. The van der Waals surface area contributed by atoms with Gasteiger partial charge < -0.3 is 9.84 Å². The maximum atomic E-state index is 9.32. The molecule has 96 valence electrons. The lowest BCUT2D eigenvalue weighted by Crippen LogP contribution is -2.08. The normalized spacial score (nSPS) is 12.4. The van der Waals surface area contributed by atoms with E-state index in [1.807, 2.05) is 31.2 Å². The molecule has 0 aliphatic heterocycles. The number of hydrogen-bond acceptors (Lipinski definition) is 4. The molecule has 1 heterocycles. The summed E-state index contributed by atoms with van der Waals surface area (Å²) in [5.41, 5.74) is 1.75. The Labute approximate surface area is 106 Å². The molecule has 0 fully saturated rings. The zero-order valence-electron chi connectivity index (χ0n) is 10.6. The third kappa shape index (κ3) is 3.30. The molecule has 0 saturated carbocycles. The molecule has 2 aromatic rings. The minimum absolute atomic E-state index is 0.520. The number of nitrogens with zero attached hydrogens (tertiary/aromatic N) is 3. The van der Waals surface area contributed by atoms with Gasteiger partial charge in [-0.25, -0.2) is 4.68 Å². The number of rotatable bonds is 5. The summed E-state index contributed by atoms with van der Waals surface area (Å²) in [5.74, 6) is 0.853. The number of aromatic nitrogens is 3. The molecule has 1 aromatic heterocycles. The van der Waals surface area contributed by atoms with Crippen LogP contribution in [0.4, 0.5) is 0 Å². The van der Waals surface area contributed by atoms with Gasteiger partial charge in [0.05, 0.1) is 18.8 Å². The van der Waals surface area contributed by atoms with Gasteiger partial charge in [-0.3, -0.25) is 0 Å². The standard InChI is InChI=1S/C13H17N3O2/c1-10-4-3-5-12(8-10)18-7-6-16-9-13(11(2)17)14-15-16/h3-5,8-9,11,17H,6-7H2,1-2H3. The Bertz CT molecular complexity index is 508. The minimum atomic E-state index is -0.587. The molecule has 2 rings (SSSR count). The first-order valence-electron chi connectivity index (χ1n) is 5.93. The van der Waals surface area contributed by atoms with Crippen LogP contribution < -0.4 is 4.74 Å². The second kappa shape index (κ2) is 5.64. The van der Waals surface area contributed by atoms with Gasteiger partial charge in [-0.1, -0.05) is 17.3 Å². The predicted octanol–water partition coefficient (Wildman–Crippen LogP) is 1.72. The Morgan fingerprint density at radius 2 is 2.28 bits per heavy atom. The van der Waals surface area contributed by atoms with Gasteiger partial charge in [-0.15, -0.1) is 5.10 Å². The van der Waals surface area contributed by atoms with E-state index in [1.165, 1.54) is 5.56 Å². The monoisotopic (exact) mass is 247 g/mol. The molecule has 5 nitrogen and oxygen atoms in total. The molecular weight excluding hydrogens is 230 g/mol. The molecule has 0 bridgehead atoms. The fraction of sp³-hybridized carbons (Fsp3) is 0.385. The van der Waals surface area contributed by atoms with E-state index in [2.05, 4.69) is 10.3 Å². The lowest BCUT2D eigenvalue weighted by molar-refractivity contribution is 0.194. The molecule has 5 heteroatoms. The van der Waals surface area contributed by atoms with Crippen LogP contribution in [0.5, 0.6) is 5.75 Å². The van der Waals surface area contributed by atoms with Crippen molar-refractivity contribution in [2.75, 3.05) is 6.61 Å². The molecular formula is C13H17N3O2. The topological polar surface area (TPSA) is 60.2 Å². The van der Waals surface area contributed by atoms with Crippen molar-refractivity contribution in [2.24, 2.45) is 0 Å². The van der Waals surface area contributed by atoms with Crippen LogP contribution in [0.25, 0.3) is 0 Å². The van der Waals surface area contributed by atoms with Crippen molar-refractivity contribution in [1.82, 2.24) is 15.0 Å². The Balaban J connectivity index is 1.84. The molecule has 0 spiro atoms. The van der Waals surface area contributed by atoms with Crippen LogP contribution in [0.2, 0.25) is 0 Å². The fourth-order valence-corrected chi connectivity index (χ4v) is 1.58. The smallest absolute Gasteiger partial charge is 0.119 e. The Morgan fingerprint density at radius 1 is 1.44 bits per heavy atom. The van der Waals surface area contributed by atoms with E-state index in [0.29, 0.717) is 18.8 Å². The van der Waals surface area contributed by atoms with E-state index in [0.717, 1.165) is 5.75 Å². The van der Waals surface area contributed by atoms with Crippen molar-refractivity contribution in [3.8, 4) is 5.75 Å².